The molecule has 2 nitrogen and oxygen atoms in total. The molecule has 0 atom stereocenters. The number of allylic oxidation sites excluding steroid dienone is 1. The molecule has 2 N–H and O–H groups in total. The molecule has 0 radical (unpaired) electrons. The molecule has 0 aliphatic heterocycles. The van der Waals surface area contributed by atoms with Crippen LogP contribution < -0.4 is 5.84 Å². The summed E-state index contributed by atoms with van der Waals surface area (Å²) in [5.74, 6) is 6.45. The largest absolute Gasteiger partial charge is 0.318 e. The fourth-order valence-corrected chi connectivity index (χ4v) is 0.851. The third-order valence-corrected chi connectivity index (χ3v) is 1.51. The van der Waals surface area contributed by atoms with E-state index in [-0.39, 0.29) is 0 Å². The topological polar surface area (TPSA) is 29.3 Å². The fourth-order valence-electron chi connectivity index (χ4n) is 0.851. The predicted octanol–water partition coefficient (Wildman–Crippen LogP) is 1.11. The van der Waals surface area contributed by atoms with Gasteiger partial charge in [0.1, 0.15) is 0 Å². The third-order valence-electron chi connectivity index (χ3n) is 1.51. The Labute approximate surface area is 56.3 Å². The Balaban J connectivity index is 2.09. The summed E-state index contributed by atoms with van der Waals surface area (Å²) in [6.45, 7) is 3.01. The van der Waals surface area contributed by atoms with Crippen LogP contribution in [0.1, 0.15) is 19.8 Å². The van der Waals surface area contributed by atoms with Gasteiger partial charge >= 0.3 is 0 Å². The first kappa shape index (κ1) is 6.62. The minimum atomic E-state index is 0.881. The molecule has 0 aromatic rings. The van der Waals surface area contributed by atoms with Gasteiger partial charge in [-0.25, -0.2) is 5.84 Å². The molecule has 0 heterocycles. The lowest BCUT2D eigenvalue weighted by Crippen LogP contribution is -2.26. The maximum Gasteiger partial charge on any atom is 0.0363 e. The zero-order valence-corrected chi connectivity index (χ0v) is 5.88. The van der Waals surface area contributed by atoms with Crippen molar-refractivity contribution in [3.63, 3.8) is 0 Å². The van der Waals surface area contributed by atoms with E-state index in [1.165, 1.54) is 12.8 Å². The maximum absolute atomic E-state index is 5.57. The van der Waals surface area contributed by atoms with Crippen molar-refractivity contribution in [2.45, 2.75) is 19.8 Å². The van der Waals surface area contributed by atoms with Crippen LogP contribution >= 0.6 is 0 Å². The fraction of sp³-hybridized carbons (Fsp3) is 0.714. The normalized spacial score (nSPS) is 18.9. The summed E-state index contributed by atoms with van der Waals surface area (Å²) in [6, 6.07) is 0. The summed E-state index contributed by atoms with van der Waals surface area (Å²) in [5.41, 5.74) is 0. The van der Waals surface area contributed by atoms with Crippen LogP contribution in [0.15, 0.2) is 12.3 Å². The summed E-state index contributed by atoms with van der Waals surface area (Å²) >= 11 is 0. The van der Waals surface area contributed by atoms with E-state index >= 15 is 0 Å². The van der Waals surface area contributed by atoms with E-state index in [1.54, 1.807) is 5.01 Å². The van der Waals surface area contributed by atoms with Gasteiger partial charge in [-0.1, -0.05) is 6.08 Å². The highest BCUT2D eigenvalue weighted by atomic mass is 15.4. The molecule has 0 bridgehead atoms. The highest BCUT2D eigenvalue weighted by Crippen LogP contribution is 2.28. The molecule has 1 aliphatic carbocycles. The minimum absolute atomic E-state index is 0.881. The maximum atomic E-state index is 5.57. The Morgan fingerprint density at radius 1 is 1.67 bits per heavy atom. The smallest absolute Gasteiger partial charge is 0.0363 e. The third kappa shape index (κ3) is 2.51. The average molecular weight is 126 g/mol. The molecule has 0 amide bonds. The summed E-state index contributed by atoms with van der Waals surface area (Å²) in [7, 11) is 0. The molecule has 2 heteroatoms. The standard InChI is InChI=1S/C7H14N2/c1-2-5-9(8)6-7-3-4-7/h2,5,7H,3-4,6,8H2,1H3/b5-2+. The van der Waals surface area contributed by atoms with Crippen molar-refractivity contribution < 1.29 is 0 Å². The van der Waals surface area contributed by atoms with Crippen molar-refractivity contribution in [2.75, 3.05) is 6.54 Å². The first-order valence-corrected chi connectivity index (χ1v) is 3.47. The molecule has 1 aliphatic rings. The van der Waals surface area contributed by atoms with Crippen LogP contribution in [0.25, 0.3) is 0 Å². The number of hydrazine groups is 1. The summed E-state index contributed by atoms with van der Waals surface area (Å²) in [4.78, 5) is 0. The minimum Gasteiger partial charge on any atom is -0.318 e. The second-order valence-corrected chi connectivity index (χ2v) is 2.62. The van der Waals surface area contributed by atoms with Crippen molar-refractivity contribution in [2.24, 2.45) is 11.8 Å². The lowest BCUT2D eigenvalue weighted by atomic mass is 10.4. The number of rotatable bonds is 3. The van der Waals surface area contributed by atoms with Gasteiger partial charge < -0.3 is 5.01 Å². The quantitative estimate of drug-likeness (QED) is 0.453. The molecule has 9 heavy (non-hydrogen) atoms. The molecule has 0 aromatic heterocycles. The Bertz CT molecular complexity index is 105. The Hall–Kier alpha value is -0.500. The molecule has 0 aromatic carbocycles. The Morgan fingerprint density at radius 3 is 2.78 bits per heavy atom. The second-order valence-electron chi connectivity index (χ2n) is 2.62. The molecule has 0 spiro atoms. The van der Waals surface area contributed by atoms with Gasteiger partial charge in [-0.05, 0) is 25.7 Å². The number of nitrogens with two attached hydrogens (primary N) is 1. The van der Waals surface area contributed by atoms with Crippen LogP contribution in [0.4, 0.5) is 0 Å². The van der Waals surface area contributed by atoms with Gasteiger partial charge in [-0.2, -0.15) is 0 Å². The molecule has 0 unspecified atom stereocenters. The van der Waals surface area contributed by atoms with E-state index in [1.807, 2.05) is 19.2 Å². The summed E-state index contributed by atoms with van der Waals surface area (Å²) in [6.07, 6.45) is 6.61. The van der Waals surface area contributed by atoms with E-state index < -0.39 is 0 Å². The monoisotopic (exact) mass is 126 g/mol. The van der Waals surface area contributed by atoms with Gasteiger partial charge in [0.25, 0.3) is 0 Å². The first-order valence-electron chi connectivity index (χ1n) is 3.47. The molecule has 1 fully saturated rings. The predicted molar refractivity (Wildman–Crippen MR) is 38.4 cm³/mol. The van der Waals surface area contributed by atoms with Crippen LogP contribution in [0, 0.1) is 5.92 Å². The van der Waals surface area contributed by atoms with Crippen molar-refractivity contribution in [1.82, 2.24) is 5.01 Å². The molecule has 1 saturated carbocycles. The highest BCUT2D eigenvalue weighted by molar-refractivity contribution is 4.81. The SMILES string of the molecule is C/C=C/N(N)CC1CC1. The lowest BCUT2D eigenvalue weighted by molar-refractivity contribution is 0.375. The van der Waals surface area contributed by atoms with Gasteiger partial charge in [-0.3, -0.25) is 0 Å². The van der Waals surface area contributed by atoms with Crippen molar-refractivity contribution in [3.8, 4) is 0 Å². The van der Waals surface area contributed by atoms with E-state index in [9.17, 15) is 0 Å². The van der Waals surface area contributed by atoms with Gasteiger partial charge in [0.05, 0.1) is 0 Å². The van der Waals surface area contributed by atoms with Crippen molar-refractivity contribution >= 4 is 0 Å². The van der Waals surface area contributed by atoms with Crippen molar-refractivity contribution in [3.05, 3.63) is 12.3 Å². The molecule has 1 rings (SSSR count). The molecule has 52 valence electrons. The van der Waals surface area contributed by atoms with Crippen LogP contribution in [0.2, 0.25) is 0 Å². The van der Waals surface area contributed by atoms with Crippen LogP contribution in [0.3, 0.4) is 0 Å². The second kappa shape index (κ2) is 2.87. The summed E-state index contributed by atoms with van der Waals surface area (Å²) in [5, 5.41) is 1.76. The van der Waals surface area contributed by atoms with Crippen LogP contribution in [-0.4, -0.2) is 11.6 Å². The van der Waals surface area contributed by atoms with E-state index in [2.05, 4.69) is 0 Å². The van der Waals surface area contributed by atoms with E-state index in [0.717, 1.165) is 12.5 Å². The van der Waals surface area contributed by atoms with Crippen LogP contribution in [0.5, 0.6) is 0 Å². The number of hydrogen-bond acceptors (Lipinski definition) is 2. The van der Waals surface area contributed by atoms with Gasteiger partial charge in [0, 0.05) is 12.7 Å². The Morgan fingerprint density at radius 2 is 2.33 bits per heavy atom. The van der Waals surface area contributed by atoms with E-state index in [4.69, 9.17) is 5.84 Å². The molecular weight excluding hydrogens is 112 g/mol. The highest BCUT2D eigenvalue weighted by Gasteiger charge is 2.21. The zero-order valence-electron chi connectivity index (χ0n) is 5.88. The Kier molecular flexibility index (Phi) is 2.11. The van der Waals surface area contributed by atoms with Gasteiger partial charge in [0.15, 0.2) is 0 Å². The molecule has 0 saturated heterocycles. The van der Waals surface area contributed by atoms with Gasteiger partial charge in [0.2, 0.25) is 0 Å². The lowest BCUT2D eigenvalue weighted by Gasteiger charge is -2.11. The first-order chi connectivity index (χ1) is 4.33. The molecular formula is C7H14N2. The zero-order chi connectivity index (χ0) is 6.69. The number of nitrogens with zero attached hydrogens (tertiary/aromatic N) is 1. The van der Waals surface area contributed by atoms with Gasteiger partial charge in [-0.15, -0.1) is 0 Å². The average Bonchev–Trinajstić information content (AvgIpc) is 2.50. The van der Waals surface area contributed by atoms with Crippen molar-refractivity contribution in [1.29, 1.82) is 0 Å². The van der Waals surface area contributed by atoms with Crippen LogP contribution in [-0.2, 0) is 0 Å². The van der Waals surface area contributed by atoms with E-state index in [0.29, 0.717) is 0 Å². The summed E-state index contributed by atoms with van der Waals surface area (Å²) < 4.78 is 0. The number of hydrogen-bond donors (Lipinski definition) is 1.